The smallest absolute Gasteiger partial charge is 0.273 e. The number of amides is 1. The highest BCUT2D eigenvalue weighted by atomic mass is 79.9. The van der Waals surface area contributed by atoms with E-state index in [1.54, 1.807) is 19.2 Å². The summed E-state index contributed by atoms with van der Waals surface area (Å²) in [7, 11) is -3.82. The quantitative estimate of drug-likeness (QED) is 0.736. The van der Waals surface area contributed by atoms with Crippen molar-refractivity contribution >= 4 is 43.2 Å². The summed E-state index contributed by atoms with van der Waals surface area (Å²) in [6, 6.07) is 1.44. The van der Waals surface area contributed by atoms with Gasteiger partial charge in [-0.05, 0) is 35.8 Å². The number of carbonyl (C=O) groups excluding carboxylic acids is 1. The summed E-state index contributed by atoms with van der Waals surface area (Å²) < 4.78 is 32.0. The zero-order valence-corrected chi connectivity index (χ0v) is 14.4. The van der Waals surface area contributed by atoms with Crippen LogP contribution in [-0.2, 0) is 19.6 Å². The molecule has 8 heteroatoms. The average molecular weight is 382 g/mol. The number of halogens is 1. The van der Waals surface area contributed by atoms with Gasteiger partial charge in [-0.1, -0.05) is 12.2 Å². The Labute approximate surface area is 131 Å². The largest absolute Gasteiger partial charge is 0.374 e. The minimum Gasteiger partial charge on any atom is -0.374 e. The van der Waals surface area contributed by atoms with Crippen molar-refractivity contribution in [3.63, 3.8) is 0 Å². The molecule has 0 saturated carbocycles. The molecule has 0 aliphatic carbocycles. The van der Waals surface area contributed by atoms with Crippen molar-refractivity contribution in [3.05, 3.63) is 28.1 Å². The maximum absolute atomic E-state index is 12.0. The second-order valence-corrected chi connectivity index (χ2v) is 7.84. The summed E-state index contributed by atoms with van der Waals surface area (Å²) >= 11 is 4.21. The van der Waals surface area contributed by atoms with Crippen LogP contribution < -0.4 is 4.72 Å². The number of hydrogen-bond donors (Lipinski definition) is 1. The average Bonchev–Trinajstić information content (AvgIpc) is 2.75. The molecule has 0 aliphatic heterocycles. The van der Waals surface area contributed by atoms with Gasteiger partial charge in [-0.3, -0.25) is 4.79 Å². The van der Waals surface area contributed by atoms with Gasteiger partial charge in [0, 0.05) is 16.5 Å². The SMILES string of the molecule is C=C(C)C(CC(=O)NS(=O)(=O)c1cc(Br)cs1)OCC. The van der Waals surface area contributed by atoms with E-state index in [1.807, 2.05) is 4.72 Å². The van der Waals surface area contributed by atoms with Gasteiger partial charge >= 0.3 is 0 Å². The lowest BCUT2D eigenvalue weighted by atomic mass is 10.1. The van der Waals surface area contributed by atoms with Crippen LogP contribution in [0.4, 0.5) is 0 Å². The lowest BCUT2D eigenvalue weighted by Gasteiger charge is -2.16. The minimum absolute atomic E-state index is 0.0745. The van der Waals surface area contributed by atoms with Gasteiger partial charge in [0.25, 0.3) is 10.0 Å². The number of sulfonamides is 1. The van der Waals surface area contributed by atoms with Crippen molar-refractivity contribution in [2.24, 2.45) is 0 Å². The molecule has 1 N–H and O–H groups in total. The van der Waals surface area contributed by atoms with Crippen LogP contribution in [0.3, 0.4) is 0 Å². The Morgan fingerprint density at radius 3 is 2.70 bits per heavy atom. The zero-order valence-electron chi connectivity index (χ0n) is 11.2. The summed E-state index contributed by atoms with van der Waals surface area (Å²) in [4.78, 5) is 11.8. The van der Waals surface area contributed by atoms with E-state index in [4.69, 9.17) is 4.74 Å². The van der Waals surface area contributed by atoms with Crippen molar-refractivity contribution in [1.82, 2.24) is 4.72 Å². The monoisotopic (exact) mass is 381 g/mol. The number of rotatable bonds is 7. The van der Waals surface area contributed by atoms with Gasteiger partial charge < -0.3 is 4.74 Å². The summed E-state index contributed by atoms with van der Waals surface area (Å²) in [6.45, 7) is 7.69. The molecular formula is C12H16BrNO4S2. The molecule has 112 valence electrons. The molecule has 1 atom stereocenters. The molecule has 0 aromatic carbocycles. The first-order valence-electron chi connectivity index (χ1n) is 5.83. The lowest BCUT2D eigenvalue weighted by molar-refractivity contribution is -0.121. The number of nitrogens with one attached hydrogen (secondary N) is 1. The molecule has 0 radical (unpaired) electrons. The van der Waals surface area contributed by atoms with Crippen molar-refractivity contribution < 1.29 is 17.9 Å². The van der Waals surface area contributed by atoms with E-state index in [9.17, 15) is 13.2 Å². The van der Waals surface area contributed by atoms with E-state index in [2.05, 4.69) is 22.5 Å². The van der Waals surface area contributed by atoms with E-state index >= 15 is 0 Å². The van der Waals surface area contributed by atoms with Crippen molar-refractivity contribution in [2.75, 3.05) is 6.61 Å². The highest BCUT2D eigenvalue weighted by Crippen LogP contribution is 2.24. The Balaban J connectivity index is 2.72. The third kappa shape index (κ3) is 5.01. The van der Waals surface area contributed by atoms with Crippen LogP contribution in [-0.4, -0.2) is 27.0 Å². The molecule has 1 aromatic rings. The van der Waals surface area contributed by atoms with Crippen molar-refractivity contribution in [3.8, 4) is 0 Å². The molecule has 20 heavy (non-hydrogen) atoms. The Morgan fingerprint density at radius 1 is 1.60 bits per heavy atom. The number of carbonyl (C=O) groups is 1. The Kier molecular flexibility index (Phi) is 6.38. The normalized spacial score (nSPS) is 12.9. The predicted molar refractivity (Wildman–Crippen MR) is 82.2 cm³/mol. The summed E-state index contributed by atoms with van der Waals surface area (Å²) in [5.74, 6) is -0.615. The fraction of sp³-hybridized carbons (Fsp3) is 0.417. The van der Waals surface area contributed by atoms with Gasteiger partial charge in [-0.2, -0.15) is 0 Å². The van der Waals surface area contributed by atoms with Gasteiger partial charge in [0.1, 0.15) is 4.21 Å². The molecular weight excluding hydrogens is 366 g/mol. The summed E-state index contributed by atoms with van der Waals surface area (Å²) in [6.07, 6.45) is -0.556. The summed E-state index contributed by atoms with van der Waals surface area (Å²) in [5, 5.41) is 1.63. The molecule has 5 nitrogen and oxygen atoms in total. The fourth-order valence-corrected chi connectivity index (χ4v) is 4.27. The molecule has 1 rings (SSSR count). The maximum atomic E-state index is 12.0. The van der Waals surface area contributed by atoms with Gasteiger partial charge in [0.2, 0.25) is 5.91 Å². The Morgan fingerprint density at radius 2 is 2.25 bits per heavy atom. The number of thiophene rings is 1. The van der Waals surface area contributed by atoms with Gasteiger partial charge in [-0.25, -0.2) is 13.1 Å². The minimum atomic E-state index is -3.82. The third-order valence-corrected chi connectivity index (χ3v) is 5.92. The standard InChI is InChI=1S/C12H16BrNO4S2/c1-4-18-10(8(2)3)6-11(15)14-20(16,17)12-5-9(13)7-19-12/h5,7,10H,2,4,6H2,1,3H3,(H,14,15). The zero-order chi connectivity index (χ0) is 15.3. The molecule has 1 heterocycles. The van der Waals surface area contributed by atoms with Gasteiger partial charge in [0.05, 0.1) is 12.5 Å². The van der Waals surface area contributed by atoms with E-state index in [-0.39, 0.29) is 10.6 Å². The second-order valence-electron chi connectivity index (χ2n) is 4.11. The molecule has 0 spiro atoms. The van der Waals surface area contributed by atoms with Crippen LogP contribution in [0.2, 0.25) is 0 Å². The van der Waals surface area contributed by atoms with Crippen molar-refractivity contribution in [2.45, 2.75) is 30.6 Å². The van der Waals surface area contributed by atoms with Crippen LogP contribution in [0.25, 0.3) is 0 Å². The predicted octanol–water partition coefficient (Wildman–Crippen LogP) is 2.69. The van der Waals surface area contributed by atoms with Gasteiger partial charge in [0.15, 0.2) is 0 Å². The van der Waals surface area contributed by atoms with E-state index in [1.165, 1.54) is 6.07 Å². The Hall–Kier alpha value is -0.700. The van der Waals surface area contributed by atoms with E-state index in [0.717, 1.165) is 11.3 Å². The summed E-state index contributed by atoms with van der Waals surface area (Å²) in [5.41, 5.74) is 0.679. The van der Waals surface area contributed by atoms with Crippen LogP contribution in [0.5, 0.6) is 0 Å². The molecule has 1 unspecified atom stereocenters. The molecule has 0 aliphatic rings. The van der Waals surface area contributed by atoms with E-state index in [0.29, 0.717) is 16.7 Å². The Bertz CT molecular complexity index is 594. The molecule has 0 fully saturated rings. The second kappa shape index (κ2) is 7.35. The van der Waals surface area contributed by atoms with Crippen LogP contribution in [0, 0.1) is 0 Å². The van der Waals surface area contributed by atoms with Crippen molar-refractivity contribution in [1.29, 1.82) is 0 Å². The molecule has 1 amide bonds. The maximum Gasteiger partial charge on any atom is 0.273 e. The highest BCUT2D eigenvalue weighted by molar-refractivity contribution is 9.10. The third-order valence-electron chi connectivity index (χ3n) is 2.34. The lowest BCUT2D eigenvalue weighted by Crippen LogP contribution is -2.33. The van der Waals surface area contributed by atoms with Crippen LogP contribution >= 0.6 is 27.3 Å². The van der Waals surface area contributed by atoms with Crippen LogP contribution in [0.15, 0.2) is 32.3 Å². The fourth-order valence-electron chi connectivity index (χ4n) is 1.42. The van der Waals surface area contributed by atoms with E-state index < -0.39 is 22.0 Å². The first-order valence-corrected chi connectivity index (χ1v) is 8.98. The number of ether oxygens (including phenoxy) is 1. The number of hydrogen-bond acceptors (Lipinski definition) is 5. The highest BCUT2D eigenvalue weighted by Gasteiger charge is 2.22. The molecule has 0 bridgehead atoms. The van der Waals surface area contributed by atoms with Crippen LogP contribution in [0.1, 0.15) is 20.3 Å². The first kappa shape index (κ1) is 17.4. The van der Waals surface area contributed by atoms with Gasteiger partial charge in [-0.15, -0.1) is 11.3 Å². The first-order chi connectivity index (χ1) is 9.26. The topological polar surface area (TPSA) is 72.5 Å². The molecule has 0 saturated heterocycles. The molecule has 1 aromatic heterocycles.